The molecule has 1 fully saturated rings. The standard InChI is InChI=1S/C16H28BNO3Si/c1-15(2)16(3,4)21-17(20-15)14(18)12-8-10-13(11-9-12)19-22(5,6)7/h8-11,14H,18H2,1-7H3/t14-/m0/s1. The highest BCUT2D eigenvalue weighted by molar-refractivity contribution is 6.70. The minimum Gasteiger partial charge on any atom is -0.544 e. The van der Waals surface area contributed by atoms with Crippen LogP contribution in [0.2, 0.25) is 19.6 Å². The van der Waals surface area contributed by atoms with Crippen LogP contribution in [0.25, 0.3) is 0 Å². The molecule has 0 unspecified atom stereocenters. The molecule has 6 heteroatoms. The van der Waals surface area contributed by atoms with Crippen molar-refractivity contribution in [1.29, 1.82) is 0 Å². The molecule has 1 heterocycles. The van der Waals surface area contributed by atoms with Crippen LogP contribution in [0, 0.1) is 0 Å². The van der Waals surface area contributed by atoms with Gasteiger partial charge in [0.1, 0.15) is 5.75 Å². The van der Waals surface area contributed by atoms with E-state index in [-0.39, 0.29) is 17.1 Å². The van der Waals surface area contributed by atoms with Gasteiger partial charge >= 0.3 is 7.12 Å². The first-order chi connectivity index (χ1) is 9.91. The predicted molar refractivity (Wildman–Crippen MR) is 93.4 cm³/mol. The van der Waals surface area contributed by atoms with E-state index in [1.54, 1.807) is 0 Å². The molecule has 22 heavy (non-hydrogen) atoms. The Kier molecular flexibility index (Phi) is 4.52. The number of nitrogens with two attached hydrogens (primary N) is 1. The molecular weight excluding hydrogens is 293 g/mol. The molecule has 2 N–H and O–H groups in total. The molecule has 0 radical (unpaired) electrons. The molecule has 2 rings (SSSR count). The molecule has 0 bridgehead atoms. The largest absolute Gasteiger partial charge is 0.544 e. The van der Waals surface area contributed by atoms with Crippen LogP contribution in [0.4, 0.5) is 0 Å². The van der Waals surface area contributed by atoms with Crippen molar-refractivity contribution >= 4 is 15.4 Å². The van der Waals surface area contributed by atoms with E-state index in [2.05, 4.69) is 19.6 Å². The summed E-state index contributed by atoms with van der Waals surface area (Å²) in [6.45, 7) is 14.6. The van der Waals surface area contributed by atoms with E-state index in [4.69, 9.17) is 19.5 Å². The van der Waals surface area contributed by atoms with Crippen molar-refractivity contribution < 1.29 is 13.7 Å². The van der Waals surface area contributed by atoms with Crippen LogP contribution in [0.5, 0.6) is 5.75 Å². The molecule has 0 aliphatic carbocycles. The Balaban J connectivity index is 2.10. The summed E-state index contributed by atoms with van der Waals surface area (Å²) in [5, 5.41) is 0. The first-order valence-corrected chi connectivity index (χ1v) is 11.2. The molecule has 1 aromatic carbocycles. The van der Waals surface area contributed by atoms with Crippen LogP contribution < -0.4 is 10.2 Å². The lowest BCUT2D eigenvalue weighted by Gasteiger charge is -2.32. The maximum atomic E-state index is 6.34. The van der Waals surface area contributed by atoms with Crippen molar-refractivity contribution in [2.45, 2.75) is 64.5 Å². The third-order valence-corrected chi connectivity index (χ3v) is 5.10. The van der Waals surface area contributed by atoms with E-state index in [9.17, 15) is 0 Å². The van der Waals surface area contributed by atoms with E-state index < -0.39 is 15.4 Å². The first kappa shape index (κ1) is 17.5. The molecule has 1 saturated heterocycles. The third-order valence-electron chi connectivity index (χ3n) is 4.25. The molecule has 0 amide bonds. The van der Waals surface area contributed by atoms with Crippen LogP contribution in [0.1, 0.15) is 39.2 Å². The van der Waals surface area contributed by atoms with Crippen molar-refractivity contribution in [1.82, 2.24) is 0 Å². The van der Waals surface area contributed by atoms with Crippen molar-refractivity contribution in [3.63, 3.8) is 0 Å². The van der Waals surface area contributed by atoms with Crippen LogP contribution in [-0.2, 0) is 9.31 Å². The molecule has 1 aliphatic rings. The van der Waals surface area contributed by atoms with Gasteiger partial charge in [0.25, 0.3) is 0 Å². The molecule has 0 saturated carbocycles. The lowest BCUT2D eigenvalue weighted by molar-refractivity contribution is 0.00578. The molecular formula is C16H28BNO3Si. The Hall–Kier alpha value is -0.818. The van der Waals surface area contributed by atoms with Crippen molar-refractivity contribution in [3.05, 3.63) is 29.8 Å². The first-order valence-electron chi connectivity index (χ1n) is 7.81. The van der Waals surface area contributed by atoms with Crippen LogP contribution in [-0.4, -0.2) is 26.6 Å². The van der Waals surface area contributed by atoms with Gasteiger partial charge in [0.2, 0.25) is 8.32 Å². The smallest absolute Gasteiger partial charge is 0.480 e. The van der Waals surface area contributed by atoms with E-state index in [0.29, 0.717) is 0 Å². The zero-order chi connectivity index (χ0) is 16.8. The number of hydrogen-bond donors (Lipinski definition) is 1. The Morgan fingerprint density at radius 2 is 1.45 bits per heavy atom. The highest BCUT2D eigenvalue weighted by Gasteiger charge is 2.53. The average molecular weight is 321 g/mol. The number of rotatable bonds is 4. The van der Waals surface area contributed by atoms with Gasteiger partial charge < -0.3 is 19.5 Å². The zero-order valence-corrected chi connectivity index (χ0v) is 15.8. The van der Waals surface area contributed by atoms with E-state index in [1.807, 2.05) is 52.0 Å². The SMILES string of the molecule is CC1(C)OB([C@@H](N)c2ccc(O[Si](C)(C)C)cc2)OC1(C)C. The summed E-state index contributed by atoms with van der Waals surface area (Å²) in [6, 6.07) is 7.92. The third kappa shape index (κ3) is 3.74. The van der Waals surface area contributed by atoms with Gasteiger partial charge in [-0.05, 0) is 65.0 Å². The second-order valence-electron chi connectivity index (χ2n) is 7.93. The Labute approximate surface area is 135 Å². The fourth-order valence-corrected chi connectivity index (χ4v) is 3.15. The van der Waals surface area contributed by atoms with Crippen LogP contribution in [0.3, 0.4) is 0 Å². The van der Waals surface area contributed by atoms with Gasteiger partial charge in [0, 0.05) is 0 Å². The molecule has 1 atom stereocenters. The quantitative estimate of drug-likeness (QED) is 0.862. The second kappa shape index (κ2) is 5.67. The van der Waals surface area contributed by atoms with Gasteiger partial charge in [-0.3, -0.25) is 0 Å². The molecule has 122 valence electrons. The van der Waals surface area contributed by atoms with Crippen molar-refractivity contribution in [2.75, 3.05) is 0 Å². The minimum absolute atomic E-state index is 0.318. The summed E-state index contributed by atoms with van der Waals surface area (Å²) in [7, 11) is -2.02. The van der Waals surface area contributed by atoms with E-state index in [0.717, 1.165) is 11.3 Å². The Morgan fingerprint density at radius 3 is 1.86 bits per heavy atom. The highest BCUT2D eigenvalue weighted by Crippen LogP contribution is 2.39. The van der Waals surface area contributed by atoms with Gasteiger partial charge in [0.05, 0.1) is 17.1 Å². The van der Waals surface area contributed by atoms with Crippen LogP contribution in [0.15, 0.2) is 24.3 Å². The molecule has 0 spiro atoms. The van der Waals surface area contributed by atoms with Gasteiger partial charge in [-0.25, -0.2) is 0 Å². The molecule has 4 nitrogen and oxygen atoms in total. The molecule has 1 aromatic rings. The summed E-state index contributed by atoms with van der Waals surface area (Å²) in [4.78, 5) is 0. The number of hydrogen-bond acceptors (Lipinski definition) is 4. The normalized spacial score (nSPS) is 21.7. The van der Waals surface area contributed by atoms with E-state index >= 15 is 0 Å². The lowest BCUT2D eigenvalue weighted by Crippen LogP contribution is -2.41. The van der Waals surface area contributed by atoms with Gasteiger partial charge in [-0.2, -0.15) is 0 Å². The average Bonchev–Trinajstić information content (AvgIpc) is 2.56. The van der Waals surface area contributed by atoms with Crippen LogP contribution >= 0.6 is 0 Å². The maximum Gasteiger partial charge on any atom is 0.480 e. The minimum atomic E-state index is -1.59. The second-order valence-corrected chi connectivity index (χ2v) is 12.4. The van der Waals surface area contributed by atoms with Gasteiger partial charge in [-0.15, -0.1) is 0 Å². The highest BCUT2D eigenvalue weighted by atomic mass is 28.4. The molecule has 0 aromatic heterocycles. The zero-order valence-electron chi connectivity index (χ0n) is 14.8. The monoisotopic (exact) mass is 321 g/mol. The summed E-state index contributed by atoms with van der Waals surface area (Å²) in [5.41, 5.74) is 6.60. The Bertz CT molecular complexity index is 509. The molecule has 1 aliphatic heterocycles. The van der Waals surface area contributed by atoms with E-state index in [1.165, 1.54) is 0 Å². The lowest BCUT2D eigenvalue weighted by atomic mass is 9.75. The fraction of sp³-hybridized carbons (Fsp3) is 0.625. The summed E-state index contributed by atoms with van der Waals surface area (Å²) in [6.07, 6.45) is 0. The maximum absolute atomic E-state index is 6.34. The fourth-order valence-electron chi connectivity index (χ4n) is 2.30. The predicted octanol–water partition coefficient (Wildman–Crippen LogP) is 3.53. The van der Waals surface area contributed by atoms with Gasteiger partial charge in [0.15, 0.2) is 0 Å². The summed E-state index contributed by atoms with van der Waals surface area (Å²) in [5.74, 6) is 0.575. The number of benzene rings is 1. The van der Waals surface area contributed by atoms with Gasteiger partial charge in [-0.1, -0.05) is 12.1 Å². The van der Waals surface area contributed by atoms with Crippen molar-refractivity contribution in [2.24, 2.45) is 5.73 Å². The topological polar surface area (TPSA) is 53.7 Å². The summed E-state index contributed by atoms with van der Waals surface area (Å²) >= 11 is 0. The van der Waals surface area contributed by atoms with Crippen molar-refractivity contribution in [3.8, 4) is 5.75 Å². The summed E-state index contributed by atoms with van der Waals surface area (Å²) < 4.78 is 18.0. The Morgan fingerprint density at radius 1 is 1.00 bits per heavy atom.